The van der Waals surface area contributed by atoms with Crippen molar-refractivity contribution in [2.45, 2.75) is 31.6 Å². The van der Waals surface area contributed by atoms with Crippen molar-refractivity contribution in [3.8, 4) is 5.75 Å². The molecule has 4 rings (SSSR count). The second-order valence-electron chi connectivity index (χ2n) is 9.70. The molecule has 2 N–H and O–H groups in total. The van der Waals surface area contributed by atoms with Crippen molar-refractivity contribution in [3.63, 3.8) is 0 Å². The molecule has 0 spiro atoms. The molecule has 3 atom stereocenters. The van der Waals surface area contributed by atoms with Gasteiger partial charge >= 0.3 is 0 Å². The van der Waals surface area contributed by atoms with Crippen LogP contribution in [0.1, 0.15) is 31.0 Å². The van der Waals surface area contributed by atoms with Crippen LogP contribution in [-0.4, -0.2) is 54.0 Å². The average molecular weight is 540 g/mol. The summed E-state index contributed by atoms with van der Waals surface area (Å²) in [5.41, 5.74) is 2.25. The monoisotopic (exact) mass is 539 g/mol. The maximum atomic E-state index is 11.3. The predicted octanol–water partition coefficient (Wildman–Crippen LogP) is 6.07. The zero-order valence-corrected chi connectivity index (χ0v) is 22.5. The smallest absolute Gasteiger partial charge is 0.187 e. The Hall–Kier alpha value is -2.79. The normalized spacial score (nSPS) is 18.6. The highest BCUT2D eigenvalue weighted by molar-refractivity contribution is 6.33. The molecule has 1 heterocycles. The maximum Gasteiger partial charge on any atom is 0.187 e. The number of anilines is 1. The molecule has 8 heteroatoms. The Kier molecular flexibility index (Phi) is 8.63. The molecule has 0 bridgehead atoms. The fourth-order valence-electron chi connectivity index (χ4n) is 4.69. The number of nitrogens with zero attached hydrogens (tertiary/aromatic N) is 3. The van der Waals surface area contributed by atoms with Crippen LogP contribution in [-0.2, 0) is 5.60 Å². The highest BCUT2D eigenvalue weighted by Crippen LogP contribution is 2.38. The summed E-state index contributed by atoms with van der Waals surface area (Å²) >= 11 is 12.9. The number of aliphatic hydroxyl groups excluding tert-OH is 1. The summed E-state index contributed by atoms with van der Waals surface area (Å²) < 4.78 is 5.62. The third-order valence-electron chi connectivity index (χ3n) is 6.59. The fourth-order valence-corrected chi connectivity index (χ4v) is 5.10. The lowest BCUT2D eigenvalue weighted by atomic mass is 9.93. The van der Waals surface area contributed by atoms with Gasteiger partial charge in [0.25, 0.3) is 0 Å². The lowest BCUT2D eigenvalue weighted by molar-refractivity contribution is 0.0103. The Morgan fingerprint density at radius 1 is 1.08 bits per heavy atom. The van der Waals surface area contributed by atoms with Crippen molar-refractivity contribution in [3.05, 3.63) is 99.3 Å². The van der Waals surface area contributed by atoms with E-state index in [4.69, 9.17) is 34.5 Å². The quantitative estimate of drug-likeness (QED) is 0.340. The van der Waals surface area contributed by atoms with E-state index in [-0.39, 0.29) is 12.6 Å². The van der Waals surface area contributed by atoms with Crippen molar-refractivity contribution in [1.82, 2.24) is 4.90 Å². The molecule has 0 aromatic heterocycles. The highest BCUT2D eigenvalue weighted by atomic mass is 35.5. The number of hydrogen-bond acceptors (Lipinski definition) is 5. The van der Waals surface area contributed by atoms with Gasteiger partial charge in [-0.25, -0.2) is 4.85 Å². The van der Waals surface area contributed by atoms with Crippen LogP contribution in [0, 0.1) is 6.57 Å². The van der Waals surface area contributed by atoms with E-state index in [1.165, 1.54) is 0 Å². The van der Waals surface area contributed by atoms with E-state index in [2.05, 4.69) is 14.6 Å². The minimum Gasteiger partial charge on any atom is -0.491 e. The summed E-state index contributed by atoms with van der Waals surface area (Å²) in [7, 11) is 0. The molecular formula is C29H31Cl2N3O3. The van der Waals surface area contributed by atoms with Crippen LogP contribution in [0.2, 0.25) is 10.0 Å². The van der Waals surface area contributed by atoms with Gasteiger partial charge in [0.15, 0.2) is 5.69 Å². The van der Waals surface area contributed by atoms with Gasteiger partial charge in [-0.2, -0.15) is 0 Å². The number of benzene rings is 3. The van der Waals surface area contributed by atoms with Gasteiger partial charge in [0.05, 0.1) is 35.0 Å². The van der Waals surface area contributed by atoms with E-state index in [0.29, 0.717) is 41.1 Å². The first-order valence-corrected chi connectivity index (χ1v) is 13.0. The first-order chi connectivity index (χ1) is 17.7. The summed E-state index contributed by atoms with van der Waals surface area (Å²) in [6.07, 6.45) is -0.566. The van der Waals surface area contributed by atoms with Crippen LogP contribution in [0.15, 0.2) is 66.7 Å². The highest BCUT2D eigenvalue weighted by Gasteiger charge is 2.34. The summed E-state index contributed by atoms with van der Waals surface area (Å²) in [5.74, 6) is 0.608. The Morgan fingerprint density at radius 2 is 1.78 bits per heavy atom. The van der Waals surface area contributed by atoms with Crippen LogP contribution < -0.4 is 9.64 Å². The second-order valence-corrected chi connectivity index (χ2v) is 10.5. The molecule has 0 aliphatic carbocycles. The molecule has 6 nitrogen and oxygen atoms in total. The molecular weight excluding hydrogens is 509 g/mol. The van der Waals surface area contributed by atoms with E-state index in [1.54, 1.807) is 25.1 Å². The molecule has 37 heavy (non-hydrogen) atoms. The topological polar surface area (TPSA) is 60.5 Å². The SMILES string of the molecule is [C-]#[N+]c1ccc([C@](C)(O)CN2CCN(c3ccc(OC[C@@H](C)O)cc3Cl)[C@H](c3ccc(Cl)cc3)C2)cc1. The van der Waals surface area contributed by atoms with Crippen molar-refractivity contribution >= 4 is 34.6 Å². The molecule has 0 amide bonds. The van der Waals surface area contributed by atoms with Crippen molar-refractivity contribution < 1.29 is 14.9 Å². The van der Waals surface area contributed by atoms with Crippen molar-refractivity contribution in [1.29, 1.82) is 0 Å². The van der Waals surface area contributed by atoms with E-state index in [1.807, 2.05) is 55.5 Å². The van der Waals surface area contributed by atoms with Crippen LogP contribution in [0.25, 0.3) is 4.85 Å². The van der Waals surface area contributed by atoms with Crippen LogP contribution in [0.3, 0.4) is 0 Å². The van der Waals surface area contributed by atoms with E-state index < -0.39 is 11.7 Å². The van der Waals surface area contributed by atoms with Crippen molar-refractivity contribution in [2.24, 2.45) is 0 Å². The van der Waals surface area contributed by atoms with Crippen LogP contribution in [0.5, 0.6) is 5.75 Å². The number of ether oxygens (including phenoxy) is 1. The first kappa shape index (κ1) is 27.3. The van der Waals surface area contributed by atoms with Crippen molar-refractivity contribution in [2.75, 3.05) is 37.7 Å². The molecule has 1 aliphatic heterocycles. The van der Waals surface area contributed by atoms with Gasteiger partial charge < -0.3 is 19.8 Å². The summed E-state index contributed by atoms with van der Waals surface area (Å²) in [6.45, 7) is 13.4. The second kappa shape index (κ2) is 11.7. The Bertz CT molecular complexity index is 1240. The van der Waals surface area contributed by atoms with Gasteiger partial charge in [-0.3, -0.25) is 4.90 Å². The zero-order chi connectivity index (χ0) is 26.6. The van der Waals surface area contributed by atoms with E-state index in [0.717, 1.165) is 23.4 Å². The van der Waals surface area contributed by atoms with Crippen LogP contribution in [0.4, 0.5) is 11.4 Å². The van der Waals surface area contributed by atoms with Gasteiger partial charge in [0.2, 0.25) is 0 Å². The molecule has 194 valence electrons. The van der Waals surface area contributed by atoms with Gasteiger partial charge in [0, 0.05) is 37.3 Å². The standard InChI is InChI=1S/C29H31Cl2N3O3/c1-20(35)18-37-25-12-13-27(26(31)16-25)34-15-14-33(17-28(34)21-4-8-23(30)9-5-21)19-29(2,36)22-6-10-24(32-3)11-7-22/h4-13,16,20,28,35-36H,14-15,17-19H2,1-2H3/t20-,28+,29-/m1/s1. The van der Waals surface area contributed by atoms with Gasteiger partial charge in [0.1, 0.15) is 12.4 Å². The van der Waals surface area contributed by atoms with E-state index >= 15 is 0 Å². The minimum absolute atomic E-state index is 0.0203. The van der Waals surface area contributed by atoms with E-state index in [9.17, 15) is 10.2 Å². The molecule has 0 radical (unpaired) electrons. The summed E-state index contributed by atoms with van der Waals surface area (Å²) in [6, 6.07) is 20.5. The number of rotatable bonds is 8. The molecule has 1 aliphatic rings. The third-order valence-corrected chi connectivity index (χ3v) is 7.14. The number of β-amino-alcohol motifs (C(OH)–C–C–N with tert-alkyl or cyclic N) is 1. The largest absolute Gasteiger partial charge is 0.491 e. The minimum atomic E-state index is -1.08. The lowest BCUT2D eigenvalue weighted by Crippen LogP contribution is -2.52. The van der Waals surface area contributed by atoms with Gasteiger partial charge in [-0.05, 0) is 49.2 Å². The number of piperazine rings is 1. The number of hydrogen-bond donors (Lipinski definition) is 2. The molecule has 3 aromatic carbocycles. The summed E-state index contributed by atoms with van der Waals surface area (Å²) in [4.78, 5) is 7.97. The van der Waals surface area contributed by atoms with Gasteiger partial charge in [-0.15, -0.1) is 0 Å². The number of halogens is 2. The third kappa shape index (κ3) is 6.75. The Labute approximate surface area is 228 Å². The maximum absolute atomic E-state index is 11.3. The predicted molar refractivity (Wildman–Crippen MR) is 149 cm³/mol. The van der Waals surface area contributed by atoms with Crippen LogP contribution >= 0.6 is 23.2 Å². The summed E-state index contributed by atoms with van der Waals surface area (Å²) in [5, 5.41) is 22.1. The molecule has 3 aromatic rings. The molecule has 1 fully saturated rings. The number of aliphatic hydroxyl groups is 2. The fraction of sp³-hybridized carbons (Fsp3) is 0.345. The molecule has 1 saturated heterocycles. The van der Waals surface area contributed by atoms with Gasteiger partial charge in [-0.1, -0.05) is 59.6 Å². The molecule has 0 saturated carbocycles. The zero-order valence-electron chi connectivity index (χ0n) is 20.9. The lowest BCUT2D eigenvalue weighted by Gasteiger charge is -2.45. The average Bonchev–Trinajstić information content (AvgIpc) is 2.88. The Balaban J connectivity index is 1.57. The Morgan fingerprint density at radius 3 is 2.41 bits per heavy atom. The first-order valence-electron chi connectivity index (χ1n) is 12.2. The molecule has 0 unspecified atom stereocenters.